The van der Waals surface area contributed by atoms with E-state index in [9.17, 15) is 0 Å². The second kappa shape index (κ2) is 2.40. The second-order valence-electron chi connectivity index (χ2n) is 1.99. The zero-order chi connectivity index (χ0) is 5.98. The first-order valence-electron chi connectivity index (χ1n) is 2.76. The van der Waals surface area contributed by atoms with E-state index in [4.69, 9.17) is 0 Å². The zero-order valence-electron chi connectivity index (χ0n) is 5.05. The van der Waals surface area contributed by atoms with Crippen molar-refractivity contribution < 1.29 is 0 Å². The Hall–Kier alpha value is -0.170. The van der Waals surface area contributed by atoms with Gasteiger partial charge in [-0.25, -0.2) is 0 Å². The summed E-state index contributed by atoms with van der Waals surface area (Å²) in [7, 11) is 0. The maximum Gasteiger partial charge on any atom is 0.00747 e. The number of allylic oxidation sites excluding steroid dienone is 3. The molecule has 0 aliphatic carbocycles. The van der Waals surface area contributed by atoms with Crippen LogP contribution >= 0.6 is 11.8 Å². The lowest BCUT2D eigenvalue weighted by Gasteiger charge is -1.91. The van der Waals surface area contributed by atoms with Gasteiger partial charge in [0.1, 0.15) is 0 Å². The van der Waals surface area contributed by atoms with Crippen LogP contribution in [0.25, 0.3) is 0 Å². The highest BCUT2D eigenvalue weighted by molar-refractivity contribution is 8.03. The highest BCUT2D eigenvalue weighted by Crippen LogP contribution is 2.28. The molecule has 0 fully saturated rings. The SMILES string of the molecule is C=CC1C=C(C)SC1. The third-order valence-electron chi connectivity index (χ3n) is 1.25. The predicted molar refractivity (Wildman–Crippen MR) is 39.9 cm³/mol. The Balaban J connectivity index is 2.53. The van der Waals surface area contributed by atoms with Gasteiger partial charge in [0.25, 0.3) is 0 Å². The van der Waals surface area contributed by atoms with Crippen LogP contribution in [0.15, 0.2) is 23.6 Å². The largest absolute Gasteiger partial charge is 0.130 e. The minimum atomic E-state index is 0.639. The van der Waals surface area contributed by atoms with E-state index in [1.807, 2.05) is 17.8 Å². The molecule has 0 saturated carbocycles. The van der Waals surface area contributed by atoms with Gasteiger partial charge in [-0.15, -0.1) is 18.3 Å². The Bertz CT molecular complexity index is 124. The van der Waals surface area contributed by atoms with Gasteiger partial charge >= 0.3 is 0 Å². The van der Waals surface area contributed by atoms with E-state index < -0.39 is 0 Å². The smallest absolute Gasteiger partial charge is 0.00747 e. The normalized spacial score (nSPS) is 27.6. The molecule has 8 heavy (non-hydrogen) atoms. The summed E-state index contributed by atoms with van der Waals surface area (Å²) in [6.45, 7) is 5.87. The van der Waals surface area contributed by atoms with Crippen molar-refractivity contribution in [3.63, 3.8) is 0 Å². The van der Waals surface area contributed by atoms with Gasteiger partial charge in [0, 0.05) is 11.7 Å². The first kappa shape index (κ1) is 5.96. The Morgan fingerprint density at radius 3 is 3.00 bits per heavy atom. The first-order valence-corrected chi connectivity index (χ1v) is 3.75. The molecule has 1 rings (SSSR count). The summed E-state index contributed by atoms with van der Waals surface area (Å²) in [4.78, 5) is 1.44. The summed E-state index contributed by atoms with van der Waals surface area (Å²) in [6, 6.07) is 0. The van der Waals surface area contributed by atoms with Crippen LogP contribution in [0.5, 0.6) is 0 Å². The van der Waals surface area contributed by atoms with Crippen molar-refractivity contribution in [1.82, 2.24) is 0 Å². The molecule has 1 aliphatic heterocycles. The highest BCUT2D eigenvalue weighted by atomic mass is 32.2. The van der Waals surface area contributed by atoms with Crippen LogP contribution in [-0.2, 0) is 0 Å². The van der Waals surface area contributed by atoms with Gasteiger partial charge < -0.3 is 0 Å². The molecule has 1 heterocycles. The van der Waals surface area contributed by atoms with Crippen LogP contribution in [0.3, 0.4) is 0 Å². The standard InChI is InChI=1S/C7H10S/c1-3-7-4-6(2)8-5-7/h3-4,7H,1,5H2,2H3. The third kappa shape index (κ3) is 1.16. The summed E-state index contributed by atoms with van der Waals surface area (Å²) in [5, 5.41) is 0. The zero-order valence-corrected chi connectivity index (χ0v) is 5.87. The fourth-order valence-corrected chi connectivity index (χ4v) is 1.72. The van der Waals surface area contributed by atoms with Gasteiger partial charge in [0.05, 0.1) is 0 Å². The number of hydrogen-bond acceptors (Lipinski definition) is 1. The van der Waals surface area contributed by atoms with Gasteiger partial charge in [0.15, 0.2) is 0 Å². The van der Waals surface area contributed by atoms with E-state index in [0.29, 0.717) is 5.92 Å². The van der Waals surface area contributed by atoms with Crippen molar-refractivity contribution in [1.29, 1.82) is 0 Å². The summed E-state index contributed by atoms with van der Waals surface area (Å²) in [5.74, 6) is 1.84. The van der Waals surface area contributed by atoms with Gasteiger partial charge in [0.2, 0.25) is 0 Å². The van der Waals surface area contributed by atoms with E-state index in [1.165, 1.54) is 10.7 Å². The molecule has 0 aromatic heterocycles. The first-order chi connectivity index (χ1) is 3.83. The minimum absolute atomic E-state index is 0.639. The van der Waals surface area contributed by atoms with E-state index in [2.05, 4.69) is 19.6 Å². The molecule has 1 heteroatoms. The molecule has 1 atom stereocenters. The summed E-state index contributed by atoms with van der Waals surface area (Å²) < 4.78 is 0. The number of rotatable bonds is 1. The predicted octanol–water partition coefficient (Wildman–Crippen LogP) is 2.44. The van der Waals surface area contributed by atoms with Crippen LogP contribution in [0.2, 0.25) is 0 Å². The Morgan fingerprint density at radius 2 is 2.75 bits per heavy atom. The monoisotopic (exact) mass is 126 g/mol. The average molecular weight is 126 g/mol. The maximum absolute atomic E-state index is 3.72. The topological polar surface area (TPSA) is 0 Å². The van der Waals surface area contributed by atoms with Crippen LogP contribution in [-0.4, -0.2) is 5.75 Å². The van der Waals surface area contributed by atoms with E-state index in [1.54, 1.807) is 0 Å². The molecule has 0 saturated heterocycles. The second-order valence-corrected chi connectivity index (χ2v) is 3.25. The van der Waals surface area contributed by atoms with Crippen molar-refractivity contribution in [2.75, 3.05) is 5.75 Å². The summed E-state index contributed by atoms with van der Waals surface area (Å²) in [5.41, 5.74) is 0. The molecule has 0 N–H and O–H groups in total. The molecule has 0 aromatic rings. The fraction of sp³-hybridized carbons (Fsp3) is 0.429. The lowest BCUT2D eigenvalue weighted by molar-refractivity contribution is 0.976. The lowest BCUT2D eigenvalue weighted by atomic mass is 10.2. The van der Waals surface area contributed by atoms with Gasteiger partial charge in [-0.1, -0.05) is 12.2 Å². The summed E-state index contributed by atoms with van der Waals surface area (Å²) in [6.07, 6.45) is 4.27. The van der Waals surface area contributed by atoms with Crippen molar-refractivity contribution in [2.24, 2.45) is 5.92 Å². The molecular weight excluding hydrogens is 116 g/mol. The molecular formula is C7H10S. The Morgan fingerprint density at radius 1 is 2.00 bits per heavy atom. The number of hydrogen-bond donors (Lipinski definition) is 0. The molecule has 0 radical (unpaired) electrons. The van der Waals surface area contributed by atoms with Crippen molar-refractivity contribution >= 4 is 11.8 Å². The van der Waals surface area contributed by atoms with Crippen molar-refractivity contribution in [3.05, 3.63) is 23.6 Å². The van der Waals surface area contributed by atoms with Gasteiger partial charge in [-0.2, -0.15) is 0 Å². The van der Waals surface area contributed by atoms with Gasteiger partial charge in [-0.05, 0) is 11.8 Å². The fourth-order valence-electron chi connectivity index (χ4n) is 0.761. The maximum atomic E-state index is 3.72. The van der Waals surface area contributed by atoms with E-state index in [0.717, 1.165) is 0 Å². The third-order valence-corrected chi connectivity index (χ3v) is 2.40. The lowest BCUT2D eigenvalue weighted by Crippen LogP contribution is -1.86. The summed E-state index contributed by atoms with van der Waals surface area (Å²) >= 11 is 1.92. The van der Waals surface area contributed by atoms with Crippen LogP contribution in [0.1, 0.15) is 6.92 Å². The quantitative estimate of drug-likeness (QED) is 0.486. The Labute approximate surface area is 54.7 Å². The van der Waals surface area contributed by atoms with E-state index in [-0.39, 0.29) is 0 Å². The molecule has 0 spiro atoms. The molecule has 0 nitrogen and oxygen atoms in total. The average Bonchev–Trinajstić information content (AvgIpc) is 2.14. The molecule has 1 aliphatic rings. The van der Waals surface area contributed by atoms with Crippen molar-refractivity contribution in [3.8, 4) is 0 Å². The van der Waals surface area contributed by atoms with Crippen LogP contribution in [0, 0.1) is 5.92 Å². The Kier molecular flexibility index (Phi) is 1.79. The molecule has 0 amide bonds. The van der Waals surface area contributed by atoms with E-state index >= 15 is 0 Å². The van der Waals surface area contributed by atoms with Crippen LogP contribution < -0.4 is 0 Å². The van der Waals surface area contributed by atoms with Crippen LogP contribution in [0.4, 0.5) is 0 Å². The van der Waals surface area contributed by atoms with Crippen molar-refractivity contribution in [2.45, 2.75) is 6.92 Å². The molecule has 1 unspecified atom stereocenters. The molecule has 0 bridgehead atoms. The minimum Gasteiger partial charge on any atom is -0.130 e. The highest BCUT2D eigenvalue weighted by Gasteiger charge is 2.08. The molecule has 0 aromatic carbocycles. The molecule has 44 valence electrons. The number of thioether (sulfide) groups is 1. The van der Waals surface area contributed by atoms with Gasteiger partial charge in [-0.3, -0.25) is 0 Å².